The molecule has 0 aliphatic carbocycles. The average Bonchev–Trinajstić information content (AvgIpc) is 2.53. The zero-order valence-electron chi connectivity index (χ0n) is 16.8. The number of amides is 1. The van der Waals surface area contributed by atoms with Crippen LogP contribution in [0.25, 0.3) is 0 Å². The predicted octanol–water partition coefficient (Wildman–Crippen LogP) is -0.0788. The molecule has 0 spiro atoms. The number of esters is 3. The van der Waals surface area contributed by atoms with E-state index in [9.17, 15) is 19.2 Å². The summed E-state index contributed by atoms with van der Waals surface area (Å²) in [5.74, 6) is -2.15. The fourth-order valence-corrected chi connectivity index (χ4v) is 2.49. The van der Waals surface area contributed by atoms with Gasteiger partial charge in [0.15, 0.2) is 12.2 Å². The lowest BCUT2D eigenvalue weighted by molar-refractivity contribution is -0.186. The van der Waals surface area contributed by atoms with Gasteiger partial charge in [-0.3, -0.25) is 19.2 Å². The van der Waals surface area contributed by atoms with Crippen molar-refractivity contribution in [2.45, 2.75) is 52.0 Å². The Kier molecular flexibility index (Phi) is 11.2. The Morgan fingerprint density at radius 1 is 0.815 bits per heavy atom. The van der Waals surface area contributed by atoms with Crippen molar-refractivity contribution in [2.75, 3.05) is 34.5 Å². The lowest BCUT2D eigenvalue weighted by Crippen LogP contribution is -2.57. The molecule has 0 unspecified atom stereocenters. The minimum Gasteiger partial charge on any atom is -0.464 e. The number of hydrogen-bond acceptors (Lipinski definition) is 9. The number of carbonyl (C=O) groups excluding carboxylic acids is 4. The Balaban J connectivity index is 5.96. The third-order valence-corrected chi connectivity index (χ3v) is 3.74. The van der Waals surface area contributed by atoms with Crippen molar-refractivity contribution in [3.05, 3.63) is 0 Å². The van der Waals surface area contributed by atoms with E-state index in [1.54, 1.807) is 0 Å². The van der Waals surface area contributed by atoms with E-state index in [1.807, 2.05) is 0 Å². The second kappa shape index (κ2) is 12.2. The van der Waals surface area contributed by atoms with Crippen molar-refractivity contribution in [1.29, 1.82) is 0 Å². The first-order valence-electron chi connectivity index (χ1n) is 8.28. The molecule has 0 saturated heterocycles. The van der Waals surface area contributed by atoms with Crippen LogP contribution in [-0.4, -0.2) is 87.5 Å². The van der Waals surface area contributed by atoms with Crippen LogP contribution in [0.3, 0.4) is 0 Å². The number of likely N-dealkylation sites (N-methyl/N-ethyl adjacent to an activating group) is 1. The molecule has 4 atom stereocenters. The molecular weight excluding hydrogens is 362 g/mol. The first kappa shape index (κ1) is 24.8. The van der Waals surface area contributed by atoms with E-state index in [1.165, 1.54) is 53.9 Å². The van der Waals surface area contributed by atoms with Gasteiger partial charge >= 0.3 is 17.9 Å². The number of nitrogens with zero attached hydrogens (tertiary/aromatic N) is 1. The van der Waals surface area contributed by atoms with E-state index in [2.05, 4.69) is 0 Å². The molecule has 0 aliphatic heterocycles. The van der Waals surface area contributed by atoms with Crippen LogP contribution >= 0.6 is 0 Å². The van der Waals surface area contributed by atoms with Gasteiger partial charge in [-0.25, -0.2) is 0 Å². The van der Waals surface area contributed by atoms with Crippen LogP contribution in [0, 0.1) is 0 Å². The monoisotopic (exact) mass is 391 g/mol. The molecule has 0 aromatic heterocycles. The Morgan fingerprint density at radius 2 is 1.37 bits per heavy atom. The highest BCUT2D eigenvalue weighted by molar-refractivity contribution is 5.73. The molecule has 10 heteroatoms. The number of hydrogen-bond donors (Lipinski definition) is 0. The second-order valence-electron chi connectivity index (χ2n) is 5.88. The number of methoxy groups -OCH3 is 2. The Morgan fingerprint density at radius 3 is 1.74 bits per heavy atom. The molecule has 0 saturated carbocycles. The summed E-state index contributed by atoms with van der Waals surface area (Å²) in [4.78, 5) is 47.5. The molecular formula is C17H29NO9. The summed E-state index contributed by atoms with van der Waals surface area (Å²) in [5, 5.41) is 0. The summed E-state index contributed by atoms with van der Waals surface area (Å²) in [6.45, 7) is 4.64. The molecule has 0 aromatic rings. The fourth-order valence-electron chi connectivity index (χ4n) is 2.49. The number of rotatable bonds is 11. The molecule has 10 nitrogen and oxygen atoms in total. The third-order valence-electron chi connectivity index (χ3n) is 3.74. The number of carbonyl (C=O) groups is 4. The minimum absolute atomic E-state index is 0.0417. The summed E-state index contributed by atoms with van der Waals surface area (Å²) >= 11 is 0. The van der Waals surface area contributed by atoms with Crippen LogP contribution in [-0.2, 0) is 42.9 Å². The first-order valence-corrected chi connectivity index (χ1v) is 8.28. The Bertz CT molecular complexity index is 523. The highest BCUT2D eigenvalue weighted by Crippen LogP contribution is 2.20. The average molecular weight is 391 g/mol. The van der Waals surface area contributed by atoms with Gasteiger partial charge in [0.25, 0.3) is 0 Å². The zero-order chi connectivity index (χ0) is 21.1. The summed E-state index contributed by atoms with van der Waals surface area (Å²) in [6, 6.07) is -0.879. The molecule has 156 valence electrons. The van der Waals surface area contributed by atoms with Crippen molar-refractivity contribution in [3.8, 4) is 0 Å². The van der Waals surface area contributed by atoms with Gasteiger partial charge in [0.05, 0.1) is 6.61 Å². The summed E-state index contributed by atoms with van der Waals surface area (Å²) in [7, 11) is 4.21. The molecule has 0 bridgehead atoms. The van der Waals surface area contributed by atoms with Gasteiger partial charge < -0.3 is 28.6 Å². The number of ether oxygens (including phenoxy) is 5. The fraction of sp³-hybridized carbons (Fsp3) is 0.765. The van der Waals surface area contributed by atoms with E-state index in [0.29, 0.717) is 0 Å². The second-order valence-corrected chi connectivity index (χ2v) is 5.88. The van der Waals surface area contributed by atoms with Gasteiger partial charge in [-0.2, -0.15) is 0 Å². The molecule has 0 N–H and O–H groups in total. The van der Waals surface area contributed by atoms with Crippen LogP contribution in [0.1, 0.15) is 27.7 Å². The van der Waals surface area contributed by atoms with E-state index >= 15 is 0 Å². The topological polar surface area (TPSA) is 118 Å². The van der Waals surface area contributed by atoms with Gasteiger partial charge in [0.2, 0.25) is 5.91 Å². The summed E-state index contributed by atoms with van der Waals surface area (Å²) in [5.41, 5.74) is 0. The normalized spacial score (nSPS) is 15.1. The molecule has 0 fully saturated rings. The predicted molar refractivity (Wildman–Crippen MR) is 92.6 cm³/mol. The summed E-state index contributed by atoms with van der Waals surface area (Å²) in [6.07, 6.45) is -3.01. The SMILES string of the molecule is COC[C@@H](OC(C)=O)[C@@H](OC)[C@H](OC(C)=O)[C@@H](COC(C)=O)N(C)C(C)=O. The van der Waals surface area contributed by atoms with E-state index in [-0.39, 0.29) is 19.1 Å². The van der Waals surface area contributed by atoms with Crippen molar-refractivity contribution in [3.63, 3.8) is 0 Å². The van der Waals surface area contributed by atoms with Crippen molar-refractivity contribution in [2.24, 2.45) is 0 Å². The summed E-state index contributed by atoms with van der Waals surface area (Å²) < 4.78 is 26.1. The van der Waals surface area contributed by atoms with Crippen LogP contribution in [0.4, 0.5) is 0 Å². The highest BCUT2D eigenvalue weighted by atomic mass is 16.6. The minimum atomic E-state index is -1.10. The van der Waals surface area contributed by atoms with Gasteiger partial charge in [-0.1, -0.05) is 0 Å². The first-order chi connectivity index (χ1) is 12.5. The van der Waals surface area contributed by atoms with E-state index in [4.69, 9.17) is 23.7 Å². The van der Waals surface area contributed by atoms with Gasteiger partial charge in [-0.05, 0) is 0 Å². The highest BCUT2D eigenvalue weighted by Gasteiger charge is 2.42. The lowest BCUT2D eigenvalue weighted by Gasteiger charge is -2.38. The van der Waals surface area contributed by atoms with Gasteiger partial charge in [-0.15, -0.1) is 0 Å². The Hall–Kier alpha value is -2.20. The maximum Gasteiger partial charge on any atom is 0.303 e. The van der Waals surface area contributed by atoms with Gasteiger partial charge in [0, 0.05) is 49.0 Å². The van der Waals surface area contributed by atoms with Crippen molar-refractivity contribution < 1.29 is 42.9 Å². The van der Waals surface area contributed by atoms with Crippen LogP contribution in [0.15, 0.2) is 0 Å². The Labute approximate surface area is 159 Å². The van der Waals surface area contributed by atoms with E-state index < -0.39 is 42.3 Å². The molecule has 0 rings (SSSR count). The quantitative estimate of drug-likeness (QED) is 0.352. The standard InChI is InChI=1S/C17H29NO9/c1-10(19)18(5)14(8-25-11(2)20)16(27-13(4)22)17(24-7)15(9-23-6)26-12(3)21/h14-17H,8-9H2,1-7H3/t14-,15-,16-,17-/m1/s1. The maximum atomic E-state index is 11.9. The molecule has 0 aliphatic rings. The molecule has 0 heterocycles. The van der Waals surface area contributed by atoms with Crippen molar-refractivity contribution >= 4 is 23.8 Å². The van der Waals surface area contributed by atoms with Crippen LogP contribution in [0.2, 0.25) is 0 Å². The lowest BCUT2D eigenvalue weighted by atomic mass is 9.99. The molecule has 0 aromatic carbocycles. The smallest absolute Gasteiger partial charge is 0.303 e. The maximum absolute atomic E-state index is 11.9. The van der Waals surface area contributed by atoms with Crippen molar-refractivity contribution in [1.82, 2.24) is 4.90 Å². The molecule has 27 heavy (non-hydrogen) atoms. The molecule has 1 amide bonds. The van der Waals surface area contributed by atoms with E-state index in [0.717, 1.165) is 0 Å². The van der Waals surface area contributed by atoms with Crippen LogP contribution in [0.5, 0.6) is 0 Å². The third kappa shape index (κ3) is 8.83. The molecule has 0 radical (unpaired) electrons. The largest absolute Gasteiger partial charge is 0.464 e. The zero-order valence-corrected chi connectivity index (χ0v) is 16.8. The van der Waals surface area contributed by atoms with Crippen LogP contribution < -0.4 is 0 Å². The van der Waals surface area contributed by atoms with Gasteiger partial charge in [0.1, 0.15) is 18.8 Å².